The largest absolute Gasteiger partial charge is 0.394 e. The minimum Gasteiger partial charge on any atom is -0.394 e. The molecule has 1 aromatic carbocycles. The average Bonchev–Trinajstić information content (AvgIpc) is 2.45. The Morgan fingerprint density at radius 3 is 2.00 bits per heavy atom. The lowest BCUT2D eigenvalue weighted by molar-refractivity contribution is 0.0817. The van der Waals surface area contributed by atoms with Crippen molar-refractivity contribution in [1.29, 1.82) is 0 Å². The number of amides is 2. The van der Waals surface area contributed by atoms with Gasteiger partial charge in [-0.2, -0.15) is 0 Å². The van der Waals surface area contributed by atoms with Gasteiger partial charge in [-0.15, -0.1) is 0 Å². The Bertz CT molecular complexity index is 442. The van der Waals surface area contributed by atoms with E-state index in [0.717, 1.165) is 0 Å². The smallest absolute Gasteiger partial charge is 0.251 e. The van der Waals surface area contributed by atoms with Crippen molar-refractivity contribution >= 4 is 11.8 Å². The van der Waals surface area contributed by atoms with Crippen LogP contribution in [0.15, 0.2) is 24.3 Å². The summed E-state index contributed by atoms with van der Waals surface area (Å²) >= 11 is 0. The number of aliphatic hydroxyl groups is 1. The number of benzene rings is 1. The van der Waals surface area contributed by atoms with Crippen LogP contribution < -0.4 is 11.1 Å². The molecule has 0 fully saturated rings. The Labute approximate surface area is 112 Å². The third-order valence-corrected chi connectivity index (χ3v) is 3.47. The van der Waals surface area contributed by atoms with Crippen LogP contribution in [0.1, 0.15) is 47.4 Å². The highest BCUT2D eigenvalue weighted by molar-refractivity contribution is 5.97. The molecule has 4 N–H and O–H groups in total. The first-order valence-electron chi connectivity index (χ1n) is 6.31. The van der Waals surface area contributed by atoms with Gasteiger partial charge in [0.25, 0.3) is 5.91 Å². The standard InChI is InChI=1S/C14H20N2O3/c1-3-14(4-2,9-17)16-13(19)11-7-5-10(6-8-11)12(15)18/h5-8,17H,3-4,9H2,1-2H3,(H2,15,18)(H,16,19). The van der Waals surface area contributed by atoms with Gasteiger partial charge in [0.2, 0.25) is 5.91 Å². The topological polar surface area (TPSA) is 92.4 Å². The van der Waals surface area contributed by atoms with E-state index in [-0.39, 0.29) is 12.5 Å². The molecule has 0 radical (unpaired) electrons. The number of nitrogens with two attached hydrogens (primary N) is 1. The maximum atomic E-state index is 12.1. The molecule has 0 saturated heterocycles. The third-order valence-electron chi connectivity index (χ3n) is 3.47. The van der Waals surface area contributed by atoms with Crippen LogP contribution in [0, 0.1) is 0 Å². The SMILES string of the molecule is CCC(CC)(CO)NC(=O)c1ccc(C(N)=O)cc1. The van der Waals surface area contributed by atoms with Crippen molar-refractivity contribution < 1.29 is 14.7 Å². The van der Waals surface area contributed by atoms with E-state index in [1.165, 1.54) is 12.1 Å². The van der Waals surface area contributed by atoms with Gasteiger partial charge in [0, 0.05) is 11.1 Å². The molecule has 0 bridgehead atoms. The number of primary amides is 1. The van der Waals surface area contributed by atoms with Crippen LogP contribution in [0.2, 0.25) is 0 Å². The van der Waals surface area contributed by atoms with Crippen LogP contribution in [0.5, 0.6) is 0 Å². The molecule has 0 saturated carbocycles. The van der Waals surface area contributed by atoms with Gasteiger partial charge in [-0.25, -0.2) is 0 Å². The minimum absolute atomic E-state index is 0.106. The Morgan fingerprint density at radius 2 is 1.63 bits per heavy atom. The molecule has 2 amide bonds. The van der Waals surface area contributed by atoms with Crippen molar-refractivity contribution in [3.8, 4) is 0 Å². The summed E-state index contributed by atoms with van der Waals surface area (Å²) in [6, 6.07) is 6.11. The number of aliphatic hydroxyl groups excluding tert-OH is 1. The zero-order valence-electron chi connectivity index (χ0n) is 11.3. The average molecular weight is 264 g/mol. The fourth-order valence-electron chi connectivity index (χ4n) is 1.79. The summed E-state index contributed by atoms with van der Waals surface area (Å²) in [5.41, 5.74) is 5.33. The molecule has 0 unspecified atom stereocenters. The highest BCUT2D eigenvalue weighted by Gasteiger charge is 2.27. The molecular weight excluding hydrogens is 244 g/mol. The summed E-state index contributed by atoms with van der Waals surface area (Å²) in [6.07, 6.45) is 1.29. The molecule has 0 spiro atoms. The molecular formula is C14H20N2O3. The van der Waals surface area contributed by atoms with Gasteiger partial charge in [0.1, 0.15) is 0 Å². The van der Waals surface area contributed by atoms with Gasteiger partial charge < -0.3 is 16.2 Å². The van der Waals surface area contributed by atoms with E-state index in [1.54, 1.807) is 12.1 Å². The molecule has 104 valence electrons. The van der Waals surface area contributed by atoms with Crippen molar-refractivity contribution in [2.45, 2.75) is 32.2 Å². The minimum atomic E-state index is -0.598. The van der Waals surface area contributed by atoms with Crippen molar-refractivity contribution in [3.05, 3.63) is 35.4 Å². The fraction of sp³-hybridized carbons (Fsp3) is 0.429. The van der Waals surface area contributed by atoms with Crippen LogP contribution in [0.4, 0.5) is 0 Å². The Balaban J connectivity index is 2.86. The number of hydrogen-bond donors (Lipinski definition) is 3. The van der Waals surface area contributed by atoms with E-state index in [9.17, 15) is 14.7 Å². The van der Waals surface area contributed by atoms with E-state index in [1.807, 2.05) is 13.8 Å². The summed E-state index contributed by atoms with van der Waals surface area (Å²) in [5.74, 6) is -0.799. The van der Waals surface area contributed by atoms with E-state index in [4.69, 9.17) is 5.73 Å². The molecule has 5 heteroatoms. The normalized spacial score (nSPS) is 11.1. The number of rotatable bonds is 6. The second kappa shape index (κ2) is 6.33. The Morgan fingerprint density at radius 1 is 1.16 bits per heavy atom. The molecule has 1 aromatic rings. The fourth-order valence-corrected chi connectivity index (χ4v) is 1.79. The lowest BCUT2D eigenvalue weighted by Gasteiger charge is -2.30. The predicted molar refractivity (Wildman–Crippen MR) is 72.8 cm³/mol. The third kappa shape index (κ3) is 3.54. The molecule has 0 aromatic heterocycles. The van der Waals surface area contributed by atoms with E-state index in [2.05, 4.69) is 5.32 Å². The predicted octanol–water partition coefficient (Wildman–Crippen LogP) is 1.07. The molecule has 0 heterocycles. The van der Waals surface area contributed by atoms with Crippen LogP contribution in [0.3, 0.4) is 0 Å². The highest BCUT2D eigenvalue weighted by atomic mass is 16.3. The van der Waals surface area contributed by atoms with Crippen LogP contribution in [-0.4, -0.2) is 29.1 Å². The summed E-state index contributed by atoms with van der Waals surface area (Å²) in [7, 11) is 0. The van der Waals surface area contributed by atoms with E-state index >= 15 is 0 Å². The van der Waals surface area contributed by atoms with Crippen LogP contribution >= 0.6 is 0 Å². The molecule has 1 rings (SSSR count). The molecule has 0 aliphatic carbocycles. The second-order valence-corrected chi connectivity index (χ2v) is 4.54. The lowest BCUT2D eigenvalue weighted by Crippen LogP contribution is -2.50. The summed E-state index contributed by atoms with van der Waals surface area (Å²) in [6.45, 7) is 3.72. The highest BCUT2D eigenvalue weighted by Crippen LogP contribution is 2.15. The van der Waals surface area contributed by atoms with Gasteiger partial charge in [-0.3, -0.25) is 9.59 Å². The van der Waals surface area contributed by atoms with Crippen molar-refractivity contribution in [1.82, 2.24) is 5.32 Å². The number of hydrogen-bond acceptors (Lipinski definition) is 3. The first-order chi connectivity index (χ1) is 8.98. The van der Waals surface area contributed by atoms with Gasteiger partial charge in [0.05, 0.1) is 12.1 Å². The maximum Gasteiger partial charge on any atom is 0.251 e. The molecule has 19 heavy (non-hydrogen) atoms. The van der Waals surface area contributed by atoms with Gasteiger partial charge >= 0.3 is 0 Å². The molecule has 0 aliphatic heterocycles. The second-order valence-electron chi connectivity index (χ2n) is 4.54. The number of nitrogens with one attached hydrogen (secondary N) is 1. The first kappa shape index (κ1) is 15.2. The number of carbonyl (C=O) groups excluding carboxylic acids is 2. The number of carbonyl (C=O) groups is 2. The van der Waals surface area contributed by atoms with Crippen molar-refractivity contribution in [2.24, 2.45) is 5.73 Å². The quantitative estimate of drug-likeness (QED) is 0.717. The lowest BCUT2D eigenvalue weighted by atomic mass is 9.93. The zero-order chi connectivity index (χ0) is 14.5. The molecule has 0 aliphatic rings. The Hall–Kier alpha value is -1.88. The van der Waals surface area contributed by atoms with Gasteiger partial charge in [-0.1, -0.05) is 13.8 Å². The van der Waals surface area contributed by atoms with Crippen molar-refractivity contribution in [3.63, 3.8) is 0 Å². The van der Waals surface area contributed by atoms with Crippen molar-refractivity contribution in [2.75, 3.05) is 6.61 Å². The van der Waals surface area contributed by atoms with Gasteiger partial charge in [-0.05, 0) is 37.1 Å². The summed E-state index contributed by atoms with van der Waals surface area (Å²) < 4.78 is 0. The first-order valence-corrected chi connectivity index (χ1v) is 6.31. The van der Waals surface area contributed by atoms with E-state index in [0.29, 0.717) is 24.0 Å². The van der Waals surface area contributed by atoms with E-state index < -0.39 is 11.4 Å². The van der Waals surface area contributed by atoms with Crippen LogP contribution in [-0.2, 0) is 0 Å². The monoisotopic (exact) mass is 264 g/mol. The summed E-state index contributed by atoms with van der Waals surface area (Å²) in [5, 5.41) is 12.3. The molecule has 5 nitrogen and oxygen atoms in total. The maximum absolute atomic E-state index is 12.1. The zero-order valence-corrected chi connectivity index (χ0v) is 11.3. The van der Waals surface area contributed by atoms with Crippen LogP contribution in [0.25, 0.3) is 0 Å². The Kier molecular flexibility index (Phi) is 5.06. The molecule has 0 atom stereocenters. The summed E-state index contributed by atoms with van der Waals surface area (Å²) in [4.78, 5) is 23.0. The van der Waals surface area contributed by atoms with Gasteiger partial charge in [0.15, 0.2) is 0 Å².